The van der Waals surface area contributed by atoms with E-state index in [1.165, 1.54) is 58.3 Å². The third-order valence-electron chi connectivity index (χ3n) is 5.08. The molecule has 24 heavy (non-hydrogen) atoms. The van der Waals surface area contributed by atoms with Crippen LogP contribution in [0.25, 0.3) is 10.9 Å². The maximum absolute atomic E-state index is 13.0. The molecule has 1 aliphatic rings. The lowest BCUT2D eigenvalue weighted by Gasteiger charge is -2.24. The number of hydrogen-bond donors (Lipinski definition) is 2. The van der Waals surface area contributed by atoms with E-state index < -0.39 is 0 Å². The SMILES string of the molecule is Cc1ccc2[nH]c3c(c2c1)CCCC3NCCc1ccc(F)cc1. The second kappa shape index (κ2) is 6.40. The number of hydrogen-bond acceptors (Lipinski definition) is 1. The summed E-state index contributed by atoms with van der Waals surface area (Å²) in [6.07, 6.45) is 4.48. The molecule has 4 rings (SSSR count). The molecule has 2 nitrogen and oxygen atoms in total. The maximum atomic E-state index is 13.0. The van der Waals surface area contributed by atoms with Crippen molar-refractivity contribution in [2.75, 3.05) is 6.54 Å². The molecule has 2 N–H and O–H groups in total. The summed E-state index contributed by atoms with van der Waals surface area (Å²) in [5, 5.41) is 5.08. The van der Waals surface area contributed by atoms with E-state index in [2.05, 4.69) is 35.4 Å². The Balaban J connectivity index is 1.49. The summed E-state index contributed by atoms with van der Waals surface area (Å²) in [6.45, 7) is 3.06. The van der Waals surface area contributed by atoms with Crippen LogP contribution in [0.2, 0.25) is 0 Å². The highest BCUT2D eigenvalue weighted by molar-refractivity contribution is 5.85. The van der Waals surface area contributed by atoms with Gasteiger partial charge in [-0.2, -0.15) is 0 Å². The summed E-state index contributed by atoms with van der Waals surface area (Å²) in [5.74, 6) is -0.169. The van der Waals surface area contributed by atoms with Gasteiger partial charge in [0.2, 0.25) is 0 Å². The van der Waals surface area contributed by atoms with Crippen molar-refractivity contribution in [1.29, 1.82) is 0 Å². The molecule has 1 unspecified atom stereocenters. The largest absolute Gasteiger partial charge is 0.357 e. The Hall–Kier alpha value is -2.13. The summed E-state index contributed by atoms with van der Waals surface area (Å²) in [7, 11) is 0. The number of aromatic nitrogens is 1. The van der Waals surface area contributed by atoms with Crippen molar-refractivity contribution in [2.45, 2.75) is 38.6 Å². The van der Waals surface area contributed by atoms with E-state index in [0.717, 1.165) is 19.4 Å². The molecule has 1 aliphatic carbocycles. The molecular weight excluding hydrogens is 299 g/mol. The average Bonchev–Trinajstić information content (AvgIpc) is 2.95. The molecule has 1 atom stereocenters. The minimum Gasteiger partial charge on any atom is -0.357 e. The van der Waals surface area contributed by atoms with Gasteiger partial charge in [-0.05, 0) is 74.5 Å². The van der Waals surface area contributed by atoms with Crippen LogP contribution < -0.4 is 5.32 Å². The van der Waals surface area contributed by atoms with E-state index >= 15 is 0 Å². The molecular formula is C21H23FN2. The summed E-state index contributed by atoms with van der Waals surface area (Å²) in [4.78, 5) is 3.64. The molecule has 0 amide bonds. The van der Waals surface area contributed by atoms with Crippen molar-refractivity contribution < 1.29 is 4.39 Å². The highest BCUT2D eigenvalue weighted by Gasteiger charge is 2.23. The topological polar surface area (TPSA) is 27.8 Å². The van der Waals surface area contributed by atoms with Gasteiger partial charge in [0.05, 0.1) is 0 Å². The molecule has 0 aliphatic heterocycles. The van der Waals surface area contributed by atoms with Crippen molar-refractivity contribution in [3.8, 4) is 0 Å². The van der Waals surface area contributed by atoms with Crippen LogP contribution in [0.15, 0.2) is 42.5 Å². The summed E-state index contributed by atoms with van der Waals surface area (Å²) in [5.41, 5.74) is 6.58. The lowest BCUT2D eigenvalue weighted by Crippen LogP contribution is -2.27. The van der Waals surface area contributed by atoms with E-state index in [4.69, 9.17) is 0 Å². The van der Waals surface area contributed by atoms with E-state index in [1.54, 1.807) is 0 Å². The van der Waals surface area contributed by atoms with Crippen LogP contribution in [0.5, 0.6) is 0 Å². The van der Waals surface area contributed by atoms with Gasteiger partial charge >= 0.3 is 0 Å². The molecule has 0 radical (unpaired) electrons. The molecule has 0 saturated heterocycles. The zero-order valence-corrected chi connectivity index (χ0v) is 14.0. The third-order valence-corrected chi connectivity index (χ3v) is 5.08. The number of aryl methyl sites for hydroxylation is 2. The first-order valence-corrected chi connectivity index (χ1v) is 8.79. The fourth-order valence-corrected chi connectivity index (χ4v) is 3.82. The number of fused-ring (bicyclic) bond motifs is 3. The Morgan fingerprint density at radius 2 is 2.00 bits per heavy atom. The molecule has 0 bridgehead atoms. The average molecular weight is 322 g/mol. The second-order valence-corrected chi connectivity index (χ2v) is 6.84. The summed E-state index contributed by atoms with van der Waals surface area (Å²) < 4.78 is 13.0. The van der Waals surface area contributed by atoms with Crippen LogP contribution in [0.1, 0.15) is 41.3 Å². The Morgan fingerprint density at radius 1 is 1.17 bits per heavy atom. The molecule has 0 spiro atoms. The van der Waals surface area contributed by atoms with Crippen molar-refractivity contribution in [2.24, 2.45) is 0 Å². The van der Waals surface area contributed by atoms with Crippen molar-refractivity contribution in [3.63, 3.8) is 0 Å². The van der Waals surface area contributed by atoms with Crippen molar-refractivity contribution in [1.82, 2.24) is 10.3 Å². The predicted molar refractivity (Wildman–Crippen MR) is 96.8 cm³/mol. The zero-order chi connectivity index (χ0) is 16.5. The van der Waals surface area contributed by atoms with E-state index in [-0.39, 0.29) is 5.82 Å². The van der Waals surface area contributed by atoms with Gasteiger partial charge in [-0.1, -0.05) is 23.8 Å². The predicted octanol–water partition coefficient (Wildman–Crippen LogP) is 4.83. The van der Waals surface area contributed by atoms with Gasteiger partial charge in [0.1, 0.15) is 5.82 Å². The van der Waals surface area contributed by atoms with E-state index in [0.29, 0.717) is 6.04 Å². The van der Waals surface area contributed by atoms with Gasteiger partial charge in [-0.25, -0.2) is 4.39 Å². The van der Waals surface area contributed by atoms with Crippen LogP contribution in [0.3, 0.4) is 0 Å². The van der Waals surface area contributed by atoms with Crippen LogP contribution >= 0.6 is 0 Å². The molecule has 0 fully saturated rings. The fourth-order valence-electron chi connectivity index (χ4n) is 3.82. The zero-order valence-electron chi connectivity index (χ0n) is 14.0. The van der Waals surface area contributed by atoms with E-state index in [1.807, 2.05) is 12.1 Å². The standard InChI is InChI=1S/C21H23FN2/c1-14-5-10-19-18(13-14)17-3-2-4-20(21(17)24-19)23-12-11-15-6-8-16(22)9-7-15/h5-10,13,20,23-24H,2-4,11-12H2,1H3. The molecule has 1 heterocycles. The smallest absolute Gasteiger partial charge is 0.123 e. The summed E-state index contributed by atoms with van der Waals surface area (Å²) in [6, 6.07) is 13.9. The Bertz CT molecular complexity index is 848. The van der Waals surface area contributed by atoms with Crippen molar-refractivity contribution >= 4 is 10.9 Å². The maximum Gasteiger partial charge on any atom is 0.123 e. The van der Waals surface area contributed by atoms with Gasteiger partial charge in [0, 0.05) is 22.6 Å². The van der Waals surface area contributed by atoms with Gasteiger partial charge in [-0.3, -0.25) is 0 Å². The number of aromatic amines is 1. The van der Waals surface area contributed by atoms with Crippen molar-refractivity contribution in [3.05, 3.63) is 70.7 Å². The minimum atomic E-state index is -0.169. The Kier molecular flexibility index (Phi) is 4.11. The number of H-pyrrole nitrogens is 1. The van der Waals surface area contributed by atoms with Crippen LogP contribution in [0.4, 0.5) is 4.39 Å². The molecule has 3 aromatic rings. The molecule has 124 valence electrons. The quantitative estimate of drug-likeness (QED) is 0.708. The Morgan fingerprint density at radius 3 is 2.83 bits per heavy atom. The fraction of sp³-hybridized carbons (Fsp3) is 0.333. The number of rotatable bonds is 4. The van der Waals surface area contributed by atoms with Gasteiger partial charge < -0.3 is 10.3 Å². The normalized spacial score (nSPS) is 17.2. The first-order valence-electron chi connectivity index (χ1n) is 8.79. The van der Waals surface area contributed by atoms with Crippen LogP contribution in [-0.4, -0.2) is 11.5 Å². The first kappa shape index (κ1) is 15.4. The highest BCUT2D eigenvalue weighted by Crippen LogP contribution is 2.35. The minimum absolute atomic E-state index is 0.169. The lowest BCUT2D eigenvalue weighted by atomic mass is 9.91. The highest BCUT2D eigenvalue weighted by atomic mass is 19.1. The monoisotopic (exact) mass is 322 g/mol. The Labute approximate surface area is 142 Å². The van der Waals surface area contributed by atoms with Gasteiger partial charge in [-0.15, -0.1) is 0 Å². The third kappa shape index (κ3) is 2.96. The van der Waals surface area contributed by atoms with Gasteiger partial charge in [0.15, 0.2) is 0 Å². The molecule has 3 heteroatoms. The first-order chi connectivity index (χ1) is 11.7. The number of halogens is 1. The van der Waals surface area contributed by atoms with Gasteiger partial charge in [0.25, 0.3) is 0 Å². The molecule has 2 aromatic carbocycles. The summed E-state index contributed by atoms with van der Waals surface area (Å²) >= 11 is 0. The van der Waals surface area contributed by atoms with Crippen LogP contribution in [0, 0.1) is 12.7 Å². The number of nitrogens with one attached hydrogen (secondary N) is 2. The van der Waals surface area contributed by atoms with E-state index in [9.17, 15) is 4.39 Å². The molecule has 0 saturated carbocycles. The second-order valence-electron chi connectivity index (χ2n) is 6.84. The number of benzene rings is 2. The molecule has 1 aromatic heterocycles. The lowest BCUT2D eigenvalue weighted by molar-refractivity contribution is 0.456. The van der Waals surface area contributed by atoms with Crippen LogP contribution in [-0.2, 0) is 12.8 Å².